The summed E-state index contributed by atoms with van der Waals surface area (Å²) in [4.78, 5) is 39.4. The van der Waals surface area contributed by atoms with Crippen molar-refractivity contribution in [1.82, 2.24) is 9.13 Å². The Bertz CT molecular complexity index is 1440. The molecule has 1 aliphatic rings. The molecule has 1 saturated heterocycles. The standard InChI is InChI=1S/C30H44F2N2O6Si2/c1-12-30(19-38-41(8,9)28(2,3)4)23(40-42(10,11)29(5,6)7)22(32)26(39-30)33-18-21(31)25(36)34(27(33)37)24(35)20-16-14-13-15-17-20/h12-18,22-23,26H,1,19H2,2-11H3/t22-,23-,26+,30+/m0/s1. The van der Waals surface area contributed by atoms with E-state index in [4.69, 9.17) is 13.6 Å². The number of nitrogens with zero attached hydrogens (tertiary/aromatic N) is 2. The van der Waals surface area contributed by atoms with Crippen molar-refractivity contribution in [1.29, 1.82) is 0 Å². The minimum absolute atomic E-state index is 0.0136. The van der Waals surface area contributed by atoms with Crippen LogP contribution in [0.25, 0.3) is 0 Å². The Labute approximate surface area is 248 Å². The van der Waals surface area contributed by atoms with Gasteiger partial charge in [-0.2, -0.15) is 8.96 Å². The van der Waals surface area contributed by atoms with Crippen LogP contribution in [0.1, 0.15) is 58.1 Å². The Balaban J connectivity index is 2.18. The number of aromatic nitrogens is 2. The van der Waals surface area contributed by atoms with E-state index < -0.39 is 63.7 Å². The van der Waals surface area contributed by atoms with E-state index in [1.807, 2.05) is 47.0 Å². The molecule has 0 unspecified atom stereocenters. The van der Waals surface area contributed by atoms with Crippen molar-refractivity contribution in [3.8, 4) is 0 Å². The lowest BCUT2D eigenvalue weighted by molar-refractivity contribution is -0.0938. The Morgan fingerprint density at radius 2 is 1.60 bits per heavy atom. The van der Waals surface area contributed by atoms with Crippen molar-refractivity contribution in [3.05, 3.63) is 81.4 Å². The monoisotopic (exact) mass is 622 g/mol. The molecule has 0 N–H and O–H groups in total. The van der Waals surface area contributed by atoms with Gasteiger partial charge in [-0.25, -0.2) is 9.18 Å². The minimum Gasteiger partial charge on any atom is -0.413 e. The molecule has 3 rings (SSSR count). The number of hydrogen-bond donors (Lipinski definition) is 0. The Hall–Kier alpha value is -2.52. The minimum atomic E-state index is -2.65. The van der Waals surface area contributed by atoms with Crippen molar-refractivity contribution < 1.29 is 27.2 Å². The van der Waals surface area contributed by atoms with Gasteiger partial charge in [-0.15, -0.1) is 6.58 Å². The van der Waals surface area contributed by atoms with E-state index in [0.29, 0.717) is 10.8 Å². The van der Waals surface area contributed by atoms with E-state index in [-0.39, 0.29) is 26.8 Å². The zero-order chi connectivity index (χ0) is 32.1. The van der Waals surface area contributed by atoms with Gasteiger partial charge in [-0.05, 0) is 48.4 Å². The van der Waals surface area contributed by atoms with Crippen LogP contribution in [0.15, 0.2) is 58.8 Å². The summed E-state index contributed by atoms with van der Waals surface area (Å²) in [5.41, 5.74) is -4.25. The second-order valence-electron chi connectivity index (χ2n) is 13.9. The topological polar surface area (TPSA) is 88.8 Å². The molecule has 1 aromatic heterocycles. The number of carbonyl (C=O) groups excluding carboxylic acids is 1. The average Bonchev–Trinajstić information content (AvgIpc) is 3.15. The van der Waals surface area contributed by atoms with Crippen molar-refractivity contribution >= 4 is 22.5 Å². The first-order valence-corrected chi connectivity index (χ1v) is 19.8. The fraction of sp³-hybridized carbons (Fsp3) is 0.567. The highest BCUT2D eigenvalue weighted by molar-refractivity contribution is 6.74. The molecule has 232 valence electrons. The van der Waals surface area contributed by atoms with Gasteiger partial charge in [0.1, 0.15) is 11.7 Å². The summed E-state index contributed by atoms with van der Waals surface area (Å²) in [6.07, 6.45) is -3.02. The van der Waals surface area contributed by atoms with Crippen LogP contribution in [0.4, 0.5) is 8.78 Å². The molecule has 42 heavy (non-hydrogen) atoms. The fourth-order valence-electron chi connectivity index (χ4n) is 4.11. The maximum absolute atomic E-state index is 16.7. The smallest absolute Gasteiger partial charge is 0.340 e. The van der Waals surface area contributed by atoms with Crippen LogP contribution >= 0.6 is 0 Å². The molecule has 1 aromatic carbocycles. The van der Waals surface area contributed by atoms with E-state index in [1.54, 1.807) is 6.07 Å². The Kier molecular flexibility index (Phi) is 9.33. The summed E-state index contributed by atoms with van der Waals surface area (Å²) in [5.74, 6) is -2.46. The average molecular weight is 623 g/mol. The number of ether oxygens (including phenoxy) is 1. The maximum atomic E-state index is 16.7. The zero-order valence-corrected chi connectivity index (χ0v) is 28.3. The quantitative estimate of drug-likeness (QED) is 0.264. The highest BCUT2D eigenvalue weighted by atomic mass is 28.4. The maximum Gasteiger partial charge on any atom is 0.340 e. The Morgan fingerprint density at radius 3 is 2.10 bits per heavy atom. The lowest BCUT2D eigenvalue weighted by Crippen LogP contribution is -2.55. The van der Waals surface area contributed by atoms with Crippen LogP contribution in [0.5, 0.6) is 0 Å². The van der Waals surface area contributed by atoms with Crippen molar-refractivity contribution in [2.45, 2.75) is 102 Å². The molecule has 1 aliphatic heterocycles. The van der Waals surface area contributed by atoms with Crippen molar-refractivity contribution in [3.63, 3.8) is 0 Å². The van der Waals surface area contributed by atoms with Gasteiger partial charge in [0, 0.05) is 5.56 Å². The third-order valence-electron chi connectivity index (χ3n) is 8.99. The Morgan fingerprint density at radius 1 is 1.05 bits per heavy atom. The molecule has 0 bridgehead atoms. The molecule has 2 heterocycles. The molecule has 8 nitrogen and oxygen atoms in total. The summed E-state index contributed by atoms with van der Waals surface area (Å²) in [6, 6.07) is 7.50. The number of halogens is 2. The lowest BCUT2D eigenvalue weighted by atomic mass is 9.97. The van der Waals surface area contributed by atoms with Gasteiger partial charge in [-0.3, -0.25) is 14.2 Å². The molecular weight excluding hydrogens is 579 g/mol. The largest absolute Gasteiger partial charge is 0.413 e. The molecule has 0 aliphatic carbocycles. The van der Waals surface area contributed by atoms with Crippen LogP contribution < -0.4 is 11.2 Å². The lowest BCUT2D eigenvalue weighted by Gasteiger charge is -2.44. The summed E-state index contributed by atoms with van der Waals surface area (Å²) >= 11 is 0. The summed E-state index contributed by atoms with van der Waals surface area (Å²) in [7, 11) is -5.03. The third-order valence-corrected chi connectivity index (χ3v) is 17.9. The first-order valence-electron chi connectivity index (χ1n) is 14.0. The SMILES string of the molecule is C=C[C@]1(CO[Si](C)(C)C(C)(C)C)O[C@@H](n2cc(F)c(=O)n(C(=O)c3ccccc3)c2=O)[C@@H](F)[C@@H]1O[Si](C)(C)C(C)(C)C. The van der Waals surface area contributed by atoms with E-state index in [1.165, 1.54) is 30.3 Å². The normalized spacial score (nSPS) is 23.7. The molecule has 4 atom stereocenters. The molecule has 12 heteroatoms. The zero-order valence-electron chi connectivity index (χ0n) is 26.3. The first-order chi connectivity index (χ1) is 19.1. The number of carbonyl (C=O) groups is 1. The second kappa shape index (κ2) is 11.5. The number of rotatable bonds is 8. The van der Waals surface area contributed by atoms with Gasteiger partial charge in [0.05, 0.1) is 12.8 Å². The molecule has 0 spiro atoms. The molecule has 1 fully saturated rings. The van der Waals surface area contributed by atoms with Gasteiger partial charge in [0.25, 0.3) is 11.5 Å². The van der Waals surface area contributed by atoms with Crippen molar-refractivity contribution in [2.24, 2.45) is 0 Å². The number of hydrogen-bond acceptors (Lipinski definition) is 6. The van der Waals surface area contributed by atoms with E-state index in [2.05, 4.69) is 27.4 Å². The summed E-state index contributed by atoms with van der Waals surface area (Å²) < 4.78 is 51.8. The highest BCUT2D eigenvalue weighted by Crippen LogP contribution is 2.47. The number of benzene rings is 1. The number of alkyl halides is 1. The molecule has 0 amide bonds. The fourth-order valence-corrected chi connectivity index (χ4v) is 6.44. The van der Waals surface area contributed by atoms with Gasteiger partial charge < -0.3 is 13.6 Å². The second-order valence-corrected chi connectivity index (χ2v) is 23.5. The highest BCUT2D eigenvalue weighted by Gasteiger charge is 2.59. The van der Waals surface area contributed by atoms with Gasteiger partial charge in [-0.1, -0.05) is 65.8 Å². The van der Waals surface area contributed by atoms with E-state index >= 15 is 8.78 Å². The molecule has 0 radical (unpaired) electrons. The van der Waals surface area contributed by atoms with Crippen LogP contribution in [0.2, 0.25) is 36.3 Å². The first kappa shape index (κ1) is 34.0. The van der Waals surface area contributed by atoms with Gasteiger partial charge >= 0.3 is 5.69 Å². The predicted molar refractivity (Wildman–Crippen MR) is 164 cm³/mol. The summed E-state index contributed by atoms with van der Waals surface area (Å²) in [5, 5.41) is -0.484. The van der Waals surface area contributed by atoms with Gasteiger partial charge in [0.2, 0.25) is 5.82 Å². The van der Waals surface area contributed by atoms with Crippen LogP contribution in [-0.2, 0) is 13.6 Å². The summed E-state index contributed by atoms with van der Waals surface area (Å²) in [6.45, 7) is 24.0. The van der Waals surface area contributed by atoms with Crippen LogP contribution in [0.3, 0.4) is 0 Å². The van der Waals surface area contributed by atoms with Gasteiger partial charge in [0.15, 0.2) is 29.0 Å². The molecule has 0 saturated carbocycles. The molecule has 2 aromatic rings. The van der Waals surface area contributed by atoms with E-state index in [9.17, 15) is 14.4 Å². The third kappa shape index (κ3) is 6.23. The van der Waals surface area contributed by atoms with Crippen molar-refractivity contribution in [2.75, 3.05) is 6.61 Å². The van der Waals surface area contributed by atoms with Crippen LogP contribution in [-0.4, -0.2) is 56.2 Å². The predicted octanol–water partition coefficient (Wildman–Crippen LogP) is 6.04. The van der Waals surface area contributed by atoms with Crippen LogP contribution in [0, 0.1) is 5.82 Å². The molecular formula is C30H44F2N2O6Si2. The van der Waals surface area contributed by atoms with E-state index in [0.717, 1.165) is 0 Å².